The maximum Gasteiger partial charge on any atom is 0.266 e. The number of nitrogens with one attached hydrogen (secondary N) is 1. The molecule has 33 heavy (non-hydrogen) atoms. The van der Waals surface area contributed by atoms with Gasteiger partial charge in [-0.2, -0.15) is 5.26 Å². The van der Waals surface area contributed by atoms with E-state index in [2.05, 4.69) is 12.2 Å². The van der Waals surface area contributed by atoms with Crippen LogP contribution in [0.1, 0.15) is 76.7 Å². The Balaban J connectivity index is 1.70. The van der Waals surface area contributed by atoms with E-state index in [-0.39, 0.29) is 11.3 Å². The van der Waals surface area contributed by atoms with Crippen LogP contribution in [0, 0.1) is 17.1 Å². The Morgan fingerprint density at radius 2 is 1.55 bits per heavy atom. The molecule has 0 heterocycles. The molecule has 176 valence electrons. The van der Waals surface area contributed by atoms with E-state index in [0.717, 1.165) is 12.2 Å². The fraction of sp³-hybridized carbons (Fsp3) is 0.429. The minimum atomic E-state index is -0.649. The minimum Gasteiger partial charge on any atom is -0.494 e. The molecule has 0 aliphatic heterocycles. The van der Waals surface area contributed by atoms with Crippen molar-refractivity contribution in [2.45, 2.75) is 71.1 Å². The molecular weight excluding hydrogens is 415 g/mol. The Morgan fingerprint density at radius 1 is 0.939 bits per heavy atom. The largest absolute Gasteiger partial charge is 0.494 e. The zero-order valence-corrected chi connectivity index (χ0v) is 19.6. The maximum absolute atomic E-state index is 13.7. The zero-order valence-electron chi connectivity index (χ0n) is 19.6. The van der Waals surface area contributed by atoms with E-state index >= 15 is 0 Å². The topological polar surface area (TPSA) is 62.1 Å². The summed E-state index contributed by atoms with van der Waals surface area (Å²) in [6.45, 7) is 2.93. The molecule has 0 aliphatic carbocycles. The van der Waals surface area contributed by atoms with Crippen LogP contribution < -0.4 is 10.1 Å². The van der Waals surface area contributed by atoms with E-state index in [1.165, 1.54) is 82.1 Å². The molecular formula is C28H35FN2O2. The van der Waals surface area contributed by atoms with Crippen LogP contribution in [-0.4, -0.2) is 12.5 Å². The Hall–Kier alpha value is -3.13. The number of carbonyl (C=O) groups excluding carboxylic acids is 1. The summed E-state index contributed by atoms with van der Waals surface area (Å²) in [6.07, 6.45) is 14.3. The molecule has 1 amide bonds. The lowest BCUT2D eigenvalue weighted by Crippen LogP contribution is -2.14. The second-order valence-corrected chi connectivity index (χ2v) is 8.20. The number of nitrogens with zero attached hydrogens (tertiary/aromatic N) is 1. The smallest absolute Gasteiger partial charge is 0.266 e. The number of hydrogen-bond donors (Lipinski definition) is 1. The molecule has 0 saturated carbocycles. The van der Waals surface area contributed by atoms with Gasteiger partial charge in [0.25, 0.3) is 5.91 Å². The summed E-state index contributed by atoms with van der Waals surface area (Å²) in [7, 11) is 0. The molecule has 0 atom stereocenters. The lowest BCUT2D eigenvalue weighted by molar-refractivity contribution is -0.112. The number of benzene rings is 2. The standard InChI is InChI=1S/C28H35FN2O2/c1-2-3-4-5-6-7-8-9-10-13-20-33-25-18-16-23(17-19-25)21-24(22-30)28(32)31-27-15-12-11-14-26(27)29/h11-12,14-19,21H,2-10,13,20H2,1H3,(H,31,32)/b24-21-. The van der Waals surface area contributed by atoms with Crippen molar-refractivity contribution in [2.75, 3.05) is 11.9 Å². The maximum atomic E-state index is 13.7. The van der Waals surface area contributed by atoms with E-state index in [4.69, 9.17) is 4.74 Å². The van der Waals surface area contributed by atoms with Gasteiger partial charge in [0.1, 0.15) is 23.2 Å². The predicted molar refractivity (Wildman–Crippen MR) is 132 cm³/mol. The summed E-state index contributed by atoms with van der Waals surface area (Å²) in [5, 5.41) is 11.8. The Kier molecular flexibility index (Phi) is 12.4. The van der Waals surface area contributed by atoms with Crippen molar-refractivity contribution in [3.63, 3.8) is 0 Å². The molecule has 0 saturated heterocycles. The number of rotatable bonds is 15. The molecule has 2 aromatic carbocycles. The lowest BCUT2D eigenvalue weighted by Gasteiger charge is -2.07. The Labute approximate surface area is 197 Å². The molecule has 2 aromatic rings. The number of hydrogen-bond acceptors (Lipinski definition) is 3. The third-order valence-electron chi connectivity index (χ3n) is 5.44. The van der Waals surface area contributed by atoms with Crippen molar-refractivity contribution in [2.24, 2.45) is 0 Å². The molecule has 0 aromatic heterocycles. The summed E-state index contributed by atoms with van der Waals surface area (Å²) in [4.78, 5) is 12.3. The van der Waals surface area contributed by atoms with Crippen LogP contribution in [0.15, 0.2) is 54.1 Å². The molecule has 2 rings (SSSR count). The second kappa shape index (κ2) is 15.6. The summed E-state index contributed by atoms with van der Waals surface area (Å²) in [5.74, 6) is -0.437. The molecule has 4 nitrogen and oxygen atoms in total. The summed E-state index contributed by atoms with van der Waals surface area (Å²) in [6, 6.07) is 15.0. The van der Waals surface area contributed by atoms with E-state index in [1.54, 1.807) is 18.2 Å². The van der Waals surface area contributed by atoms with Crippen LogP contribution in [0.2, 0.25) is 0 Å². The SMILES string of the molecule is CCCCCCCCCCCCOc1ccc(/C=C(/C#N)C(=O)Nc2ccccc2F)cc1. The van der Waals surface area contributed by atoms with Crippen molar-refractivity contribution in [3.05, 3.63) is 65.5 Å². The van der Waals surface area contributed by atoms with Gasteiger partial charge < -0.3 is 10.1 Å². The van der Waals surface area contributed by atoms with Crippen molar-refractivity contribution < 1.29 is 13.9 Å². The quantitative estimate of drug-likeness (QED) is 0.172. The minimum absolute atomic E-state index is 0.0411. The Morgan fingerprint density at radius 3 is 2.15 bits per heavy atom. The van der Waals surface area contributed by atoms with Crippen molar-refractivity contribution in [1.82, 2.24) is 0 Å². The third kappa shape index (κ3) is 10.4. The first kappa shape index (κ1) is 26.1. The van der Waals surface area contributed by atoms with Crippen LogP contribution >= 0.6 is 0 Å². The van der Waals surface area contributed by atoms with Crippen LogP contribution in [0.25, 0.3) is 6.08 Å². The molecule has 0 aliphatic rings. The van der Waals surface area contributed by atoms with Crippen molar-refractivity contribution >= 4 is 17.7 Å². The average molecular weight is 451 g/mol. The summed E-state index contributed by atoms with van der Waals surface area (Å²) < 4.78 is 19.5. The average Bonchev–Trinajstić information content (AvgIpc) is 2.83. The van der Waals surface area contributed by atoms with Gasteiger partial charge in [0.15, 0.2) is 0 Å². The second-order valence-electron chi connectivity index (χ2n) is 8.20. The van der Waals surface area contributed by atoms with Gasteiger partial charge in [0, 0.05) is 0 Å². The van der Waals surface area contributed by atoms with E-state index in [1.807, 2.05) is 18.2 Å². The van der Waals surface area contributed by atoms with Gasteiger partial charge in [0.05, 0.1) is 12.3 Å². The lowest BCUT2D eigenvalue weighted by atomic mass is 10.1. The first-order chi connectivity index (χ1) is 16.1. The van der Waals surface area contributed by atoms with Crippen LogP contribution in [0.5, 0.6) is 5.75 Å². The van der Waals surface area contributed by atoms with Gasteiger partial charge in [-0.25, -0.2) is 4.39 Å². The van der Waals surface area contributed by atoms with Gasteiger partial charge >= 0.3 is 0 Å². The van der Waals surface area contributed by atoms with Gasteiger partial charge in [-0.15, -0.1) is 0 Å². The summed E-state index contributed by atoms with van der Waals surface area (Å²) in [5.41, 5.74) is 0.637. The van der Waals surface area contributed by atoms with Crippen molar-refractivity contribution in [1.29, 1.82) is 5.26 Å². The van der Waals surface area contributed by atoms with E-state index in [9.17, 15) is 14.4 Å². The predicted octanol–water partition coefficient (Wildman–Crippen LogP) is 7.67. The van der Waals surface area contributed by atoms with Crippen LogP contribution in [-0.2, 0) is 4.79 Å². The van der Waals surface area contributed by atoms with Gasteiger partial charge in [-0.1, -0.05) is 89.0 Å². The highest BCUT2D eigenvalue weighted by Crippen LogP contribution is 2.18. The highest BCUT2D eigenvalue weighted by molar-refractivity contribution is 6.09. The van der Waals surface area contributed by atoms with Gasteiger partial charge in [-0.05, 0) is 42.3 Å². The number of unbranched alkanes of at least 4 members (excludes halogenated alkanes) is 9. The molecule has 5 heteroatoms. The van der Waals surface area contributed by atoms with Crippen molar-refractivity contribution in [3.8, 4) is 11.8 Å². The normalized spacial score (nSPS) is 11.1. The fourth-order valence-corrected chi connectivity index (χ4v) is 3.51. The highest BCUT2D eigenvalue weighted by Gasteiger charge is 2.11. The molecule has 0 unspecified atom stereocenters. The number of nitriles is 1. The zero-order chi connectivity index (χ0) is 23.7. The van der Waals surface area contributed by atoms with Crippen LogP contribution in [0.4, 0.5) is 10.1 Å². The van der Waals surface area contributed by atoms with E-state index < -0.39 is 11.7 Å². The summed E-state index contributed by atoms with van der Waals surface area (Å²) >= 11 is 0. The van der Waals surface area contributed by atoms with Gasteiger partial charge in [0.2, 0.25) is 0 Å². The number of anilines is 1. The Bertz CT molecular complexity index is 916. The first-order valence-corrected chi connectivity index (χ1v) is 12.0. The third-order valence-corrected chi connectivity index (χ3v) is 5.44. The molecule has 0 fully saturated rings. The number of halogens is 1. The first-order valence-electron chi connectivity index (χ1n) is 12.0. The number of ether oxygens (including phenoxy) is 1. The molecule has 0 radical (unpaired) electrons. The molecule has 0 spiro atoms. The molecule has 0 bridgehead atoms. The fourth-order valence-electron chi connectivity index (χ4n) is 3.51. The number of carbonyl (C=O) groups is 1. The number of amides is 1. The van der Waals surface area contributed by atoms with E-state index in [0.29, 0.717) is 12.2 Å². The highest BCUT2D eigenvalue weighted by atomic mass is 19.1. The molecule has 1 N–H and O–H groups in total. The number of para-hydroxylation sites is 1. The van der Waals surface area contributed by atoms with Gasteiger partial charge in [-0.3, -0.25) is 4.79 Å². The van der Waals surface area contributed by atoms with Crippen LogP contribution in [0.3, 0.4) is 0 Å². The monoisotopic (exact) mass is 450 g/mol.